The Morgan fingerprint density at radius 3 is 2.64 bits per heavy atom. The molecule has 22 heavy (non-hydrogen) atoms. The van der Waals surface area contributed by atoms with E-state index in [1.807, 2.05) is 13.8 Å². The van der Waals surface area contributed by atoms with Crippen LogP contribution in [0.3, 0.4) is 0 Å². The Labute approximate surface area is 131 Å². The Morgan fingerprint density at radius 2 is 2.00 bits per heavy atom. The molecule has 0 aromatic heterocycles. The molecule has 0 spiro atoms. The van der Waals surface area contributed by atoms with Crippen molar-refractivity contribution in [3.8, 4) is 0 Å². The van der Waals surface area contributed by atoms with E-state index in [-0.39, 0.29) is 12.4 Å². The van der Waals surface area contributed by atoms with E-state index in [1.165, 1.54) is 12.1 Å². The molecule has 1 aromatic rings. The van der Waals surface area contributed by atoms with Gasteiger partial charge in [-0.25, -0.2) is 4.39 Å². The number of hydrogen-bond donors (Lipinski definition) is 3. The summed E-state index contributed by atoms with van der Waals surface area (Å²) in [4.78, 5) is 4.34. The summed E-state index contributed by atoms with van der Waals surface area (Å²) in [6.07, 6.45) is 0.137. The number of aliphatic imine (C=N–C) groups is 1. The van der Waals surface area contributed by atoms with E-state index < -0.39 is 6.10 Å². The summed E-state index contributed by atoms with van der Waals surface area (Å²) in [7, 11) is 0. The Hall–Kier alpha value is -1.66. The molecule has 1 aromatic carbocycles. The fourth-order valence-corrected chi connectivity index (χ4v) is 1.84. The first kappa shape index (κ1) is 18.4. The molecule has 1 rings (SSSR count). The van der Waals surface area contributed by atoms with Crippen LogP contribution in [0.1, 0.15) is 31.9 Å². The maximum atomic E-state index is 12.9. The minimum absolute atomic E-state index is 0.215. The van der Waals surface area contributed by atoms with Crippen LogP contribution in [0.2, 0.25) is 0 Å². The second-order valence-corrected chi connectivity index (χ2v) is 4.76. The molecule has 0 radical (unpaired) electrons. The maximum absolute atomic E-state index is 12.9. The highest BCUT2D eigenvalue weighted by Crippen LogP contribution is 2.13. The smallest absolute Gasteiger partial charge is 0.191 e. The average Bonchev–Trinajstić information content (AvgIpc) is 2.52. The summed E-state index contributed by atoms with van der Waals surface area (Å²) in [5.74, 6) is 0.337. The zero-order chi connectivity index (χ0) is 16.2. The molecular formula is C16H26FN3O2. The van der Waals surface area contributed by atoms with Gasteiger partial charge in [0.25, 0.3) is 0 Å². The summed E-state index contributed by atoms with van der Waals surface area (Å²) in [6.45, 7) is 7.08. The highest BCUT2D eigenvalue weighted by Gasteiger charge is 2.07. The highest BCUT2D eigenvalue weighted by molar-refractivity contribution is 5.79. The topological polar surface area (TPSA) is 65.9 Å². The van der Waals surface area contributed by atoms with Crippen molar-refractivity contribution in [1.82, 2.24) is 10.6 Å². The molecular weight excluding hydrogens is 285 g/mol. The number of nitrogens with zero attached hydrogens (tertiary/aromatic N) is 1. The van der Waals surface area contributed by atoms with Gasteiger partial charge in [0.2, 0.25) is 0 Å². The number of guanidine groups is 1. The van der Waals surface area contributed by atoms with Crippen LogP contribution in [0.5, 0.6) is 0 Å². The molecule has 124 valence electrons. The van der Waals surface area contributed by atoms with Crippen LogP contribution in [0.15, 0.2) is 29.3 Å². The predicted molar refractivity (Wildman–Crippen MR) is 86.5 cm³/mol. The van der Waals surface area contributed by atoms with Gasteiger partial charge in [0, 0.05) is 26.3 Å². The van der Waals surface area contributed by atoms with Crippen molar-refractivity contribution in [2.45, 2.75) is 26.4 Å². The van der Waals surface area contributed by atoms with Gasteiger partial charge < -0.3 is 20.5 Å². The third-order valence-corrected chi connectivity index (χ3v) is 2.98. The first-order chi connectivity index (χ1) is 10.7. The first-order valence-corrected chi connectivity index (χ1v) is 7.70. The van der Waals surface area contributed by atoms with Gasteiger partial charge in [-0.3, -0.25) is 4.99 Å². The van der Waals surface area contributed by atoms with Gasteiger partial charge in [-0.1, -0.05) is 12.1 Å². The van der Waals surface area contributed by atoms with Crippen molar-refractivity contribution in [1.29, 1.82) is 0 Å². The number of benzene rings is 1. The number of halogens is 1. The Bertz CT molecular complexity index is 438. The van der Waals surface area contributed by atoms with Crippen molar-refractivity contribution in [3.05, 3.63) is 35.6 Å². The fraction of sp³-hybridized carbons (Fsp3) is 0.562. The monoisotopic (exact) mass is 311 g/mol. The van der Waals surface area contributed by atoms with Crippen molar-refractivity contribution < 1.29 is 14.2 Å². The van der Waals surface area contributed by atoms with Crippen LogP contribution in [0, 0.1) is 5.82 Å². The van der Waals surface area contributed by atoms with Gasteiger partial charge in [0.1, 0.15) is 5.82 Å². The van der Waals surface area contributed by atoms with Gasteiger partial charge in [-0.05, 0) is 38.0 Å². The van der Waals surface area contributed by atoms with Crippen molar-refractivity contribution in [2.24, 2.45) is 4.99 Å². The molecule has 0 amide bonds. The summed E-state index contributed by atoms with van der Waals surface area (Å²) in [6, 6.07) is 5.80. The van der Waals surface area contributed by atoms with Crippen LogP contribution in [0.4, 0.5) is 4.39 Å². The van der Waals surface area contributed by atoms with Crippen molar-refractivity contribution >= 4 is 5.96 Å². The molecule has 1 atom stereocenters. The molecule has 0 saturated carbocycles. The molecule has 0 aliphatic heterocycles. The van der Waals surface area contributed by atoms with Crippen molar-refractivity contribution in [2.75, 3.05) is 32.8 Å². The molecule has 0 saturated heterocycles. The lowest BCUT2D eigenvalue weighted by Gasteiger charge is -2.13. The Kier molecular flexibility index (Phi) is 9.18. The van der Waals surface area contributed by atoms with Gasteiger partial charge in [-0.15, -0.1) is 0 Å². The number of rotatable bonds is 9. The summed E-state index contributed by atoms with van der Waals surface area (Å²) >= 11 is 0. The maximum Gasteiger partial charge on any atom is 0.191 e. The van der Waals surface area contributed by atoms with E-state index in [4.69, 9.17) is 4.74 Å². The van der Waals surface area contributed by atoms with Crippen molar-refractivity contribution in [3.63, 3.8) is 0 Å². The molecule has 1 unspecified atom stereocenters. The zero-order valence-electron chi connectivity index (χ0n) is 13.3. The Morgan fingerprint density at radius 1 is 1.27 bits per heavy atom. The molecule has 0 fully saturated rings. The number of ether oxygens (including phenoxy) is 1. The molecule has 0 aliphatic carbocycles. The van der Waals surface area contributed by atoms with Crippen LogP contribution >= 0.6 is 0 Å². The van der Waals surface area contributed by atoms with E-state index in [0.717, 1.165) is 26.1 Å². The Balaban J connectivity index is 2.44. The number of aliphatic hydroxyl groups is 1. The lowest BCUT2D eigenvalue weighted by atomic mass is 10.1. The minimum atomic E-state index is -0.750. The number of nitrogens with one attached hydrogen (secondary N) is 2. The quantitative estimate of drug-likeness (QED) is 0.370. The standard InChI is InChI=1S/C16H26FN3O2/c1-3-18-16(19-10-5-11-22-4-2)20-12-15(21)13-6-8-14(17)9-7-13/h6-9,15,21H,3-5,10-12H2,1-2H3,(H2,18,19,20). The van der Waals surface area contributed by atoms with Gasteiger partial charge in [0.05, 0.1) is 12.6 Å². The third-order valence-electron chi connectivity index (χ3n) is 2.98. The summed E-state index contributed by atoms with van der Waals surface area (Å²) in [5, 5.41) is 16.4. The number of hydrogen-bond acceptors (Lipinski definition) is 3. The van der Waals surface area contributed by atoms with E-state index in [1.54, 1.807) is 12.1 Å². The van der Waals surface area contributed by atoms with E-state index >= 15 is 0 Å². The van der Waals surface area contributed by atoms with Gasteiger partial charge >= 0.3 is 0 Å². The molecule has 0 heterocycles. The molecule has 5 nitrogen and oxygen atoms in total. The fourth-order valence-electron chi connectivity index (χ4n) is 1.84. The lowest BCUT2D eigenvalue weighted by Crippen LogP contribution is -2.38. The largest absolute Gasteiger partial charge is 0.386 e. The second-order valence-electron chi connectivity index (χ2n) is 4.76. The SMILES string of the molecule is CCNC(=NCC(O)c1ccc(F)cc1)NCCCOCC. The summed E-state index contributed by atoms with van der Waals surface area (Å²) < 4.78 is 18.1. The van der Waals surface area contributed by atoms with Gasteiger partial charge in [-0.2, -0.15) is 0 Å². The average molecular weight is 311 g/mol. The van der Waals surface area contributed by atoms with Crippen LogP contribution in [-0.4, -0.2) is 43.9 Å². The molecule has 6 heteroatoms. The van der Waals surface area contributed by atoms with E-state index in [0.29, 0.717) is 18.1 Å². The lowest BCUT2D eigenvalue weighted by molar-refractivity contribution is 0.145. The second kappa shape index (κ2) is 11.0. The summed E-state index contributed by atoms with van der Waals surface area (Å²) in [5.41, 5.74) is 0.650. The van der Waals surface area contributed by atoms with E-state index in [9.17, 15) is 9.50 Å². The number of aliphatic hydroxyl groups excluding tert-OH is 1. The molecule has 0 bridgehead atoms. The van der Waals surface area contributed by atoms with Gasteiger partial charge in [0.15, 0.2) is 5.96 Å². The first-order valence-electron chi connectivity index (χ1n) is 7.70. The molecule has 0 aliphatic rings. The zero-order valence-corrected chi connectivity index (χ0v) is 13.3. The van der Waals surface area contributed by atoms with Crippen LogP contribution in [0.25, 0.3) is 0 Å². The third kappa shape index (κ3) is 7.38. The van der Waals surface area contributed by atoms with Crippen LogP contribution in [-0.2, 0) is 4.74 Å². The van der Waals surface area contributed by atoms with Crippen LogP contribution < -0.4 is 10.6 Å². The molecule has 3 N–H and O–H groups in total. The predicted octanol–water partition coefficient (Wildman–Crippen LogP) is 1.84. The normalized spacial score (nSPS) is 13.0. The van der Waals surface area contributed by atoms with E-state index in [2.05, 4.69) is 15.6 Å². The highest BCUT2D eigenvalue weighted by atomic mass is 19.1. The minimum Gasteiger partial charge on any atom is -0.386 e.